The summed E-state index contributed by atoms with van der Waals surface area (Å²) in [6.07, 6.45) is -2.20. The Morgan fingerprint density at radius 3 is 2.38 bits per heavy atom. The largest absolute Gasteiger partial charge is 0.465 e. The summed E-state index contributed by atoms with van der Waals surface area (Å²) in [6.45, 7) is 5.13. The van der Waals surface area contributed by atoms with Gasteiger partial charge >= 0.3 is 13.6 Å². The third-order valence-electron chi connectivity index (χ3n) is 4.59. The summed E-state index contributed by atoms with van der Waals surface area (Å²) >= 11 is 0. The van der Waals surface area contributed by atoms with Crippen molar-refractivity contribution < 1.29 is 33.4 Å². The number of esters is 1. The van der Waals surface area contributed by atoms with E-state index in [0.717, 1.165) is 0 Å². The molecular formula is C17H26NO7P. The molecule has 8 nitrogen and oxygen atoms in total. The van der Waals surface area contributed by atoms with Gasteiger partial charge in [-0.3, -0.25) is 9.36 Å². The first-order valence-corrected chi connectivity index (χ1v) is 10.3. The van der Waals surface area contributed by atoms with Crippen molar-refractivity contribution >= 4 is 19.3 Å². The SMILES string of the molecule is CC(=O)O[C@H]1[C@H](C)[C@H](C)[C@@H](Oc2ccc(N)cc2)O[C@@H]1CCP(=O)(O)O. The number of hydrogen-bond acceptors (Lipinski definition) is 6. The molecule has 0 saturated carbocycles. The third-order valence-corrected chi connectivity index (χ3v) is 5.43. The summed E-state index contributed by atoms with van der Waals surface area (Å²) in [4.78, 5) is 29.8. The fourth-order valence-corrected chi connectivity index (χ4v) is 3.57. The van der Waals surface area contributed by atoms with E-state index in [1.54, 1.807) is 24.3 Å². The summed E-state index contributed by atoms with van der Waals surface area (Å²) in [5.41, 5.74) is 6.28. The van der Waals surface area contributed by atoms with Crippen LogP contribution in [0, 0.1) is 11.8 Å². The Balaban J connectivity index is 2.16. The molecule has 1 aliphatic rings. The van der Waals surface area contributed by atoms with Gasteiger partial charge in [0, 0.05) is 24.4 Å². The number of ether oxygens (including phenoxy) is 3. The fourth-order valence-electron chi connectivity index (χ4n) is 2.98. The van der Waals surface area contributed by atoms with Gasteiger partial charge in [0.25, 0.3) is 0 Å². The molecule has 26 heavy (non-hydrogen) atoms. The van der Waals surface area contributed by atoms with Crippen molar-refractivity contribution in [3.63, 3.8) is 0 Å². The highest BCUT2D eigenvalue weighted by Crippen LogP contribution is 2.40. The maximum atomic E-state index is 11.4. The van der Waals surface area contributed by atoms with Gasteiger partial charge in [-0.25, -0.2) is 0 Å². The Morgan fingerprint density at radius 1 is 1.23 bits per heavy atom. The average Bonchev–Trinajstić information content (AvgIpc) is 2.54. The Hall–Kier alpha value is -1.60. The minimum absolute atomic E-state index is 0.0564. The van der Waals surface area contributed by atoms with Crippen LogP contribution >= 0.6 is 7.60 Å². The van der Waals surface area contributed by atoms with Crippen molar-refractivity contribution in [1.82, 2.24) is 0 Å². The van der Waals surface area contributed by atoms with E-state index in [1.807, 2.05) is 13.8 Å². The van der Waals surface area contributed by atoms with Gasteiger partial charge in [0.15, 0.2) is 0 Å². The Kier molecular flexibility index (Phi) is 6.69. The first-order chi connectivity index (χ1) is 12.1. The van der Waals surface area contributed by atoms with Gasteiger partial charge in [0.05, 0.1) is 12.3 Å². The van der Waals surface area contributed by atoms with Gasteiger partial charge < -0.3 is 29.7 Å². The standard InChI is InChI=1S/C17H26NO7P/c1-10-11(2)17(24-14-6-4-13(18)5-7-14)25-15(8-9-26(20,21)22)16(10)23-12(3)19/h4-7,10-11,15-17H,8-9,18H2,1-3H3,(H2,20,21,22)/t10-,11+,15-,16+,17+/m1/s1. The van der Waals surface area contributed by atoms with Crippen LogP contribution in [0.5, 0.6) is 5.75 Å². The smallest absolute Gasteiger partial charge is 0.325 e. The summed E-state index contributed by atoms with van der Waals surface area (Å²) < 4.78 is 28.5. The molecule has 0 unspecified atom stereocenters. The van der Waals surface area contributed by atoms with Crippen LogP contribution < -0.4 is 10.5 Å². The molecule has 1 aromatic carbocycles. The Bertz CT molecular complexity index is 660. The fraction of sp³-hybridized carbons (Fsp3) is 0.588. The van der Waals surface area contributed by atoms with Gasteiger partial charge in [0.1, 0.15) is 11.9 Å². The topological polar surface area (TPSA) is 128 Å². The molecular weight excluding hydrogens is 361 g/mol. The summed E-state index contributed by atoms with van der Waals surface area (Å²) in [5, 5.41) is 0. The van der Waals surface area contributed by atoms with Gasteiger partial charge in [-0.15, -0.1) is 0 Å². The molecule has 1 heterocycles. The maximum Gasteiger partial charge on any atom is 0.325 e. The van der Waals surface area contributed by atoms with Crippen LogP contribution in [0.25, 0.3) is 0 Å². The zero-order valence-corrected chi connectivity index (χ0v) is 16.0. The molecule has 1 saturated heterocycles. The summed E-state index contributed by atoms with van der Waals surface area (Å²) in [7, 11) is -4.20. The number of hydrogen-bond donors (Lipinski definition) is 3. The van der Waals surface area contributed by atoms with Crippen molar-refractivity contribution in [1.29, 1.82) is 0 Å². The van der Waals surface area contributed by atoms with Crippen molar-refractivity contribution in [2.24, 2.45) is 11.8 Å². The van der Waals surface area contributed by atoms with Gasteiger partial charge in [0.2, 0.25) is 6.29 Å². The molecule has 1 aliphatic heterocycles. The number of nitrogens with two attached hydrogens (primary N) is 1. The third kappa shape index (κ3) is 5.71. The van der Waals surface area contributed by atoms with E-state index < -0.39 is 32.1 Å². The van der Waals surface area contributed by atoms with Crippen LogP contribution in [0.15, 0.2) is 24.3 Å². The number of anilines is 1. The highest BCUT2D eigenvalue weighted by atomic mass is 31.2. The second-order valence-corrected chi connectivity index (χ2v) is 8.48. The molecule has 0 aliphatic carbocycles. The average molecular weight is 387 g/mol. The number of rotatable bonds is 6. The van der Waals surface area contributed by atoms with E-state index in [1.165, 1.54) is 6.92 Å². The lowest BCUT2D eigenvalue weighted by atomic mass is 9.83. The zero-order valence-electron chi connectivity index (χ0n) is 15.1. The van der Waals surface area contributed by atoms with Crippen LogP contribution in [0.3, 0.4) is 0 Å². The maximum absolute atomic E-state index is 11.4. The second kappa shape index (κ2) is 8.39. The predicted molar refractivity (Wildman–Crippen MR) is 95.6 cm³/mol. The van der Waals surface area contributed by atoms with E-state index in [2.05, 4.69) is 0 Å². The summed E-state index contributed by atoms with van der Waals surface area (Å²) in [5.74, 6) is -0.115. The van der Waals surface area contributed by atoms with E-state index in [9.17, 15) is 9.36 Å². The Morgan fingerprint density at radius 2 is 1.85 bits per heavy atom. The molecule has 0 radical (unpaired) electrons. The molecule has 0 spiro atoms. The van der Waals surface area contributed by atoms with Crippen LogP contribution in [-0.4, -0.2) is 40.4 Å². The van der Waals surface area contributed by atoms with Gasteiger partial charge in [-0.05, 0) is 30.7 Å². The molecule has 2 rings (SSSR count). The number of nitrogen functional groups attached to an aromatic ring is 1. The van der Waals surface area contributed by atoms with Crippen LogP contribution in [0.2, 0.25) is 0 Å². The van der Waals surface area contributed by atoms with Crippen molar-refractivity contribution in [2.45, 2.75) is 45.7 Å². The van der Waals surface area contributed by atoms with E-state index in [4.69, 9.17) is 29.7 Å². The van der Waals surface area contributed by atoms with E-state index >= 15 is 0 Å². The second-order valence-electron chi connectivity index (χ2n) is 6.70. The number of carbonyl (C=O) groups is 1. The zero-order chi connectivity index (χ0) is 19.5. The lowest BCUT2D eigenvalue weighted by Crippen LogP contribution is -2.52. The van der Waals surface area contributed by atoms with Crippen molar-refractivity contribution in [2.75, 3.05) is 11.9 Å². The Labute approximate surface area is 152 Å². The van der Waals surface area contributed by atoms with E-state index in [0.29, 0.717) is 11.4 Å². The number of carbonyl (C=O) groups excluding carboxylic acids is 1. The van der Waals surface area contributed by atoms with Gasteiger partial charge in [-0.2, -0.15) is 0 Å². The van der Waals surface area contributed by atoms with Crippen LogP contribution in [0.1, 0.15) is 27.2 Å². The highest BCUT2D eigenvalue weighted by molar-refractivity contribution is 7.51. The van der Waals surface area contributed by atoms with Crippen LogP contribution in [0.4, 0.5) is 5.69 Å². The molecule has 0 aromatic heterocycles. The molecule has 0 amide bonds. The monoisotopic (exact) mass is 387 g/mol. The first kappa shape index (κ1) is 20.7. The van der Waals surface area contributed by atoms with E-state index in [-0.39, 0.29) is 24.4 Å². The minimum atomic E-state index is -4.20. The van der Waals surface area contributed by atoms with Gasteiger partial charge in [-0.1, -0.05) is 13.8 Å². The molecule has 1 fully saturated rings. The lowest BCUT2D eigenvalue weighted by molar-refractivity contribution is -0.239. The van der Waals surface area contributed by atoms with Crippen molar-refractivity contribution in [3.05, 3.63) is 24.3 Å². The molecule has 4 N–H and O–H groups in total. The predicted octanol–water partition coefficient (Wildman–Crippen LogP) is 2.14. The van der Waals surface area contributed by atoms with Crippen LogP contribution in [-0.2, 0) is 18.8 Å². The highest BCUT2D eigenvalue weighted by Gasteiger charge is 2.44. The molecule has 9 heteroatoms. The first-order valence-electron chi connectivity index (χ1n) is 8.46. The molecule has 1 aromatic rings. The minimum Gasteiger partial charge on any atom is -0.465 e. The quantitative estimate of drug-likeness (QED) is 0.385. The molecule has 0 bridgehead atoms. The normalized spacial score (nSPS) is 29.2. The molecule has 146 valence electrons. The lowest BCUT2D eigenvalue weighted by Gasteiger charge is -2.43. The van der Waals surface area contributed by atoms with Crippen molar-refractivity contribution in [3.8, 4) is 5.75 Å². The summed E-state index contributed by atoms with van der Waals surface area (Å²) in [6, 6.07) is 6.86. The molecule has 5 atom stereocenters. The number of benzene rings is 1.